The number of methoxy groups -OCH3 is 1. The van der Waals surface area contributed by atoms with Crippen molar-refractivity contribution in [2.75, 3.05) is 7.11 Å². The Morgan fingerprint density at radius 1 is 1.32 bits per heavy atom. The summed E-state index contributed by atoms with van der Waals surface area (Å²) < 4.78 is 5.03. The van der Waals surface area contributed by atoms with Crippen LogP contribution in [0.15, 0.2) is 35.0 Å². The normalized spacial score (nSPS) is 12.3. The molecule has 102 valence electrons. The topological polar surface area (TPSA) is 41.5 Å². The first-order chi connectivity index (χ1) is 9.19. The summed E-state index contributed by atoms with van der Waals surface area (Å²) in [5.74, 6) is 0.697. The zero-order chi connectivity index (χ0) is 13.7. The lowest BCUT2D eigenvalue weighted by molar-refractivity contribution is 0.373. The van der Waals surface area contributed by atoms with Crippen molar-refractivity contribution in [1.29, 1.82) is 0 Å². The Balaban J connectivity index is 1.86. The summed E-state index contributed by atoms with van der Waals surface area (Å²) in [4.78, 5) is 0. The van der Waals surface area contributed by atoms with Gasteiger partial charge in [0.2, 0.25) is 0 Å². The molecular weight excluding hydrogens is 258 g/mol. The van der Waals surface area contributed by atoms with Crippen molar-refractivity contribution in [2.45, 2.75) is 25.9 Å². The first-order valence-electron chi connectivity index (χ1n) is 6.29. The smallest absolute Gasteiger partial charge is 0.160 e. The molecule has 0 amide bonds. The van der Waals surface area contributed by atoms with Crippen molar-refractivity contribution in [3.05, 3.63) is 46.2 Å². The second-order valence-corrected chi connectivity index (χ2v) is 5.40. The molecule has 0 aliphatic rings. The SMILES string of the molecule is COc1ccc(CNC(C)Cc2ccsc2)cc1O. The average molecular weight is 277 g/mol. The van der Waals surface area contributed by atoms with Crippen LogP contribution in [0.1, 0.15) is 18.1 Å². The largest absolute Gasteiger partial charge is 0.504 e. The van der Waals surface area contributed by atoms with Gasteiger partial charge in [-0.15, -0.1) is 0 Å². The minimum absolute atomic E-state index is 0.187. The molecule has 1 heterocycles. The fraction of sp³-hybridized carbons (Fsp3) is 0.333. The average Bonchev–Trinajstić information content (AvgIpc) is 2.89. The van der Waals surface area contributed by atoms with E-state index >= 15 is 0 Å². The number of phenols is 1. The highest BCUT2D eigenvalue weighted by Crippen LogP contribution is 2.26. The van der Waals surface area contributed by atoms with E-state index in [1.807, 2.05) is 6.07 Å². The first kappa shape index (κ1) is 13.9. The van der Waals surface area contributed by atoms with E-state index in [1.165, 1.54) is 5.56 Å². The van der Waals surface area contributed by atoms with E-state index in [0.29, 0.717) is 11.8 Å². The third-order valence-corrected chi connectivity index (χ3v) is 3.75. The van der Waals surface area contributed by atoms with Crippen LogP contribution < -0.4 is 10.1 Å². The number of ether oxygens (including phenoxy) is 1. The van der Waals surface area contributed by atoms with Gasteiger partial charge in [-0.25, -0.2) is 0 Å². The van der Waals surface area contributed by atoms with E-state index in [9.17, 15) is 5.11 Å². The van der Waals surface area contributed by atoms with Crippen molar-refractivity contribution in [3.63, 3.8) is 0 Å². The number of aromatic hydroxyl groups is 1. The van der Waals surface area contributed by atoms with Crippen molar-refractivity contribution in [2.24, 2.45) is 0 Å². The zero-order valence-corrected chi connectivity index (χ0v) is 12.0. The molecule has 0 radical (unpaired) electrons. The van der Waals surface area contributed by atoms with Gasteiger partial charge in [0.1, 0.15) is 0 Å². The Morgan fingerprint density at radius 2 is 2.16 bits per heavy atom. The van der Waals surface area contributed by atoms with Crippen LogP contribution in [0.2, 0.25) is 0 Å². The lowest BCUT2D eigenvalue weighted by Crippen LogP contribution is -2.27. The Labute approximate surface area is 117 Å². The summed E-state index contributed by atoms with van der Waals surface area (Å²) in [5, 5.41) is 17.4. The van der Waals surface area contributed by atoms with Gasteiger partial charge in [0.05, 0.1) is 7.11 Å². The number of phenolic OH excluding ortho intramolecular Hbond substituents is 1. The molecule has 0 saturated carbocycles. The van der Waals surface area contributed by atoms with Gasteiger partial charge in [0.15, 0.2) is 11.5 Å². The number of hydrogen-bond acceptors (Lipinski definition) is 4. The van der Waals surface area contributed by atoms with Crippen LogP contribution in [0.4, 0.5) is 0 Å². The highest BCUT2D eigenvalue weighted by atomic mass is 32.1. The van der Waals surface area contributed by atoms with Gasteiger partial charge in [-0.3, -0.25) is 0 Å². The van der Waals surface area contributed by atoms with E-state index in [-0.39, 0.29) is 5.75 Å². The minimum atomic E-state index is 0.187. The van der Waals surface area contributed by atoms with Gasteiger partial charge in [0.25, 0.3) is 0 Å². The van der Waals surface area contributed by atoms with Crippen LogP contribution in [0.3, 0.4) is 0 Å². The molecule has 0 bridgehead atoms. The molecule has 19 heavy (non-hydrogen) atoms. The Hall–Kier alpha value is -1.52. The van der Waals surface area contributed by atoms with Crippen LogP contribution in [-0.2, 0) is 13.0 Å². The van der Waals surface area contributed by atoms with Crippen LogP contribution in [0, 0.1) is 0 Å². The monoisotopic (exact) mass is 277 g/mol. The maximum atomic E-state index is 9.71. The molecule has 1 atom stereocenters. The third-order valence-electron chi connectivity index (χ3n) is 3.02. The molecule has 1 aromatic heterocycles. The molecule has 1 unspecified atom stereocenters. The van der Waals surface area contributed by atoms with E-state index in [0.717, 1.165) is 18.5 Å². The summed E-state index contributed by atoms with van der Waals surface area (Å²) in [6.45, 7) is 2.91. The maximum Gasteiger partial charge on any atom is 0.160 e. The molecular formula is C15H19NO2S. The number of rotatable bonds is 6. The van der Waals surface area contributed by atoms with Crippen molar-refractivity contribution >= 4 is 11.3 Å². The summed E-state index contributed by atoms with van der Waals surface area (Å²) in [5.41, 5.74) is 2.41. The Morgan fingerprint density at radius 3 is 2.79 bits per heavy atom. The summed E-state index contributed by atoms with van der Waals surface area (Å²) in [6.07, 6.45) is 1.02. The first-order valence-corrected chi connectivity index (χ1v) is 7.23. The number of benzene rings is 1. The fourth-order valence-corrected chi connectivity index (χ4v) is 2.65. The van der Waals surface area contributed by atoms with Crippen LogP contribution in [0.5, 0.6) is 11.5 Å². The van der Waals surface area contributed by atoms with E-state index in [4.69, 9.17) is 4.74 Å². The van der Waals surface area contributed by atoms with E-state index < -0.39 is 0 Å². The van der Waals surface area contributed by atoms with Crippen molar-refractivity contribution in [1.82, 2.24) is 5.32 Å². The van der Waals surface area contributed by atoms with E-state index in [2.05, 4.69) is 29.1 Å². The highest BCUT2D eigenvalue weighted by Gasteiger charge is 2.06. The molecule has 4 heteroatoms. The Kier molecular flexibility index (Phi) is 4.82. The van der Waals surface area contributed by atoms with E-state index in [1.54, 1.807) is 30.6 Å². The molecule has 0 fully saturated rings. The third kappa shape index (κ3) is 3.98. The molecule has 0 aliphatic heterocycles. The number of hydrogen-bond donors (Lipinski definition) is 2. The van der Waals surface area contributed by atoms with Gasteiger partial charge in [-0.05, 0) is 53.4 Å². The molecule has 0 saturated heterocycles. The second-order valence-electron chi connectivity index (χ2n) is 4.62. The predicted octanol–water partition coefficient (Wildman–Crippen LogP) is 3.18. The van der Waals surface area contributed by atoms with Crippen LogP contribution >= 0.6 is 11.3 Å². The van der Waals surface area contributed by atoms with Gasteiger partial charge >= 0.3 is 0 Å². The molecule has 1 aromatic carbocycles. The second kappa shape index (κ2) is 6.59. The lowest BCUT2D eigenvalue weighted by atomic mass is 10.1. The van der Waals surface area contributed by atoms with Crippen molar-refractivity contribution < 1.29 is 9.84 Å². The molecule has 3 nitrogen and oxygen atoms in total. The fourth-order valence-electron chi connectivity index (χ4n) is 1.97. The number of thiophene rings is 1. The maximum absolute atomic E-state index is 9.71. The van der Waals surface area contributed by atoms with Crippen LogP contribution in [0.25, 0.3) is 0 Å². The minimum Gasteiger partial charge on any atom is -0.504 e. The predicted molar refractivity (Wildman–Crippen MR) is 79.0 cm³/mol. The van der Waals surface area contributed by atoms with Gasteiger partial charge < -0.3 is 15.2 Å². The van der Waals surface area contributed by atoms with Crippen LogP contribution in [-0.4, -0.2) is 18.3 Å². The molecule has 2 N–H and O–H groups in total. The standard InChI is InChI=1S/C15H19NO2S/c1-11(7-13-5-6-19-10-13)16-9-12-3-4-15(18-2)14(17)8-12/h3-6,8,10-11,16-17H,7,9H2,1-2H3. The summed E-state index contributed by atoms with van der Waals surface area (Å²) >= 11 is 1.73. The number of nitrogens with one attached hydrogen (secondary N) is 1. The molecule has 2 rings (SSSR count). The Bertz CT molecular complexity index is 511. The van der Waals surface area contributed by atoms with Crippen molar-refractivity contribution in [3.8, 4) is 11.5 Å². The summed E-state index contributed by atoms with van der Waals surface area (Å²) in [7, 11) is 1.55. The molecule has 0 spiro atoms. The summed E-state index contributed by atoms with van der Waals surface area (Å²) in [6, 6.07) is 8.04. The quantitative estimate of drug-likeness (QED) is 0.852. The van der Waals surface area contributed by atoms with Gasteiger partial charge in [-0.2, -0.15) is 11.3 Å². The van der Waals surface area contributed by atoms with Gasteiger partial charge in [0, 0.05) is 12.6 Å². The zero-order valence-electron chi connectivity index (χ0n) is 11.2. The van der Waals surface area contributed by atoms with Gasteiger partial charge in [-0.1, -0.05) is 6.07 Å². The lowest BCUT2D eigenvalue weighted by Gasteiger charge is -2.13. The highest BCUT2D eigenvalue weighted by molar-refractivity contribution is 7.07. The molecule has 2 aromatic rings. The molecule has 0 aliphatic carbocycles.